The second-order valence-corrected chi connectivity index (χ2v) is 6.88. The molecule has 3 aromatic rings. The van der Waals surface area contributed by atoms with Crippen molar-refractivity contribution in [1.82, 2.24) is 14.0 Å². The SMILES string of the molecule is Cn1cc(-c2ccc(Cl)cc2)c(-n2cccc2)c1C(=O)N1CCCC1. The molecule has 5 heteroatoms. The summed E-state index contributed by atoms with van der Waals surface area (Å²) in [7, 11) is 1.94. The van der Waals surface area contributed by atoms with E-state index in [4.69, 9.17) is 11.6 Å². The Balaban J connectivity index is 1.89. The molecule has 4 nitrogen and oxygen atoms in total. The summed E-state index contributed by atoms with van der Waals surface area (Å²) in [5.74, 6) is 0.101. The molecule has 1 aliphatic rings. The van der Waals surface area contributed by atoms with Crippen molar-refractivity contribution in [3.05, 3.63) is 65.7 Å². The van der Waals surface area contributed by atoms with Gasteiger partial charge in [0.15, 0.2) is 0 Å². The molecule has 0 atom stereocenters. The van der Waals surface area contributed by atoms with Crippen molar-refractivity contribution < 1.29 is 4.79 Å². The minimum absolute atomic E-state index is 0.101. The van der Waals surface area contributed by atoms with Crippen molar-refractivity contribution in [2.75, 3.05) is 13.1 Å². The van der Waals surface area contributed by atoms with Gasteiger partial charge in [-0.1, -0.05) is 23.7 Å². The van der Waals surface area contributed by atoms with Crippen LogP contribution in [0.5, 0.6) is 0 Å². The van der Waals surface area contributed by atoms with Gasteiger partial charge in [0.25, 0.3) is 5.91 Å². The molecule has 2 aromatic heterocycles. The summed E-state index contributed by atoms with van der Waals surface area (Å²) in [5, 5.41) is 0.704. The van der Waals surface area contributed by atoms with E-state index in [0.29, 0.717) is 5.02 Å². The highest BCUT2D eigenvalue weighted by Crippen LogP contribution is 2.33. The molecule has 0 aliphatic carbocycles. The summed E-state index contributed by atoms with van der Waals surface area (Å²) >= 11 is 6.04. The number of rotatable bonds is 3. The van der Waals surface area contributed by atoms with Crippen molar-refractivity contribution >= 4 is 17.5 Å². The molecule has 1 saturated heterocycles. The molecule has 4 rings (SSSR count). The lowest BCUT2D eigenvalue weighted by molar-refractivity contribution is 0.0783. The van der Waals surface area contributed by atoms with E-state index < -0.39 is 0 Å². The summed E-state index contributed by atoms with van der Waals surface area (Å²) < 4.78 is 3.97. The van der Waals surface area contributed by atoms with Crippen molar-refractivity contribution in [2.24, 2.45) is 7.05 Å². The van der Waals surface area contributed by atoms with Gasteiger partial charge in [-0.15, -0.1) is 0 Å². The van der Waals surface area contributed by atoms with Gasteiger partial charge in [-0.25, -0.2) is 0 Å². The monoisotopic (exact) mass is 353 g/mol. The van der Waals surface area contributed by atoms with Crippen LogP contribution in [0.3, 0.4) is 0 Å². The Morgan fingerprint density at radius 1 is 1.04 bits per heavy atom. The van der Waals surface area contributed by atoms with Crippen molar-refractivity contribution in [1.29, 1.82) is 0 Å². The Labute approximate surface area is 152 Å². The van der Waals surface area contributed by atoms with Crippen LogP contribution in [0.2, 0.25) is 5.02 Å². The molecule has 1 aromatic carbocycles. The number of likely N-dealkylation sites (tertiary alicyclic amines) is 1. The highest BCUT2D eigenvalue weighted by Gasteiger charge is 2.27. The first-order chi connectivity index (χ1) is 12.1. The molecule has 0 radical (unpaired) electrons. The van der Waals surface area contributed by atoms with Crippen LogP contribution in [-0.2, 0) is 7.05 Å². The summed E-state index contributed by atoms with van der Waals surface area (Å²) in [5.41, 5.74) is 3.72. The van der Waals surface area contributed by atoms with Gasteiger partial charge in [-0.05, 0) is 42.7 Å². The van der Waals surface area contributed by atoms with E-state index >= 15 is 0 Å². The van der Waals surface area contributed by atoms with Gasteiger partial charge < -0.3 is 14.0 Å². The molecule has 128 valence electrons. The van der Waals surface area contributed by atoms with Gasteiger partial charge in [-0.3, -0.25) is 4.79 Å². The minimum atomic E-state index is 0.101. The fraction of sp³-hybridized carbons (Fsp3) is 0.250. The molecular formula is C20H20ClN3O. The van der Waals surface area contributed by atoms with Crippen molar-refractivity contribution in [3.63, 3.8) is 0 Å². The van der Waals surface area contributed by atoms with Crippen molar-refractivity contribution in [3.8, 4) is 16.8 Å². The highest BCUT2D eigenvalue weighted by atomic mass is 35.5. The van der Waals surface area contributed by atoms with Gasteiger partial charge in [0.2, 0.25) is 0 Å². The van der Waals surface area contributed by atoms with E-state index in [1.54, 1.807) is 0 Å². The van der Waals surface area contributed by atoms with E-state index in [0.717, 1.165) is 48.4 Å². The second-order valence-electron chi connectivity index (χ2n) is 6.45. The van der Waals surface area contributed by atoms with Gasteiger partial charge >= 0.3 is 0 Å². The third-order valence-corrected chi connectivity index (χ3v) is 5.02. The number of amides is 1. The molecule has 0 saturated carbocycles. The predicted molar refractivity (Wildman–Crippen MR) is 100 cm³/mol. The maximum Gasteiger partial charge on any atom is 0.272 e. The lowest BCUT2D eigenvalue weighted by atomic mass is 10.1. The van der Waals surface area contributed by atoms with E-state index in [2.05, 4.69) is 0 Å². The molecule has 0 unspecified atom stereocenters. The smallest absolute Gasteiger partial charge is 0.272 e. The van der Waals surface area contributed by atoms with E-state index in [1.807, 2.05) is 76.1 Å². The van der Waals surface area contributed by atoms with Crippen LogP contribution in [0.4, 0.5) is 0 Å². The number of aromatic nitrogens is 2. The second kappa shape index (κ2) is 6.45. The molecule has 1 fully saturated rings. The minimum Gasteiger partial charge on any atom is -0.344 e. The molecule has 3 heterocycles. The molecule has 0 N–H and O–H groups in total. The van der Waals surface area contributed by atoms with Crippen LogP contribution in [0, 0.1) is 0 Å². The fourth-order valence-corrected chi connectivity index (χ4v) is 3.65. The highest BCUT2D eigenvalue weighted by molar-refractivity contribution is 6.30. The zero-order chi connectivity index (χ0) is 17.4. The Morgan fingerprint density at radius 3 is 2.32 bits per heavy atom. The Bertz CT molecular complexity index is 888. The van der Waals surface area contributed by atoms with Crippen LogP contribution in [0.25, 0.3) is 16.8 Å². The average Bonchev–Trinajstić information content (AvgIpc) is 3.35. The maximum absolute atomic E-state index is 13.2. The molecule has 0 bridgehead atoms. The number of halogens is 1. The van der Waals surface area contributed by atoms with Gasteiger partial charge in [-0.2, -0.15) is 0 Å². The number of aryl methyl sites for hydroxylation is 1. The first-order valence-electron chi connectivity index (χ1n) is 8.53. The number of carbonyl (C=O) groups is 1. The predicted octanol–water partition coefficient (Wildman–Crippen LogP) is 4.37. The summed E-state index contributed by atoms with van der Waals surface area (Å²) in [4.78, 5) is 15.1. The third-order valence-electron chi connectivity index (χ3n) is 4.77. The van der Waals surface area contributed by atoms with Crippen LogP contribution in [-0.4, -0.2) is 33.0 Å². The topological polar surface area (TPSA) is 30.2 Å². The summed E-state index contributed by atoms with van der Waals surface area (Å²) in [6, 6.07) is 11.7. The number of hydrogen-bond acceptors (Lipinski definition) is 1. The van der Waals surface area contributed by atoms with Gasteiger partial charge in [0.1, 0.15) is 5.69 Å². The van der Waals surface area contributed by atoms with Crippen LogP contribution < -0.4 is 0 Å². The number of carbonyl (C=O) groups excluding carboxylic acids is 1. The van der Waals surface area contributed by atoms with Crippen LogP contribution in [0.1, 0.15) is 23.3 Å². The first-order valence-corrected chi connectivity index (χ1v) is 8.91. The van der Waals surface area contributed by atoms with E-state index in [-0.39, 0.29) is 5.91 Å². The Kier molecular flexibility index (Phi) is 4.14. The van der Waals surface area contributed by atoms with Gasteiger partial charge in [0, 0.05) is 49.3 Å². The molecule has 1 amide bonds. The molecule has 1 aliphatic heterocycles. The molecular weight excluding hydrogens is 334 g/mol. The number of benzene rings is 1. The van der Waals surface area contributed by atoms with Gasteiger partial charge in [0.05, 0.1) is 5.69 Å². The largest absolute Gasteiger partial charge is 0.344 e. The summed E-state index contributed by atoms with van der Waals surface area (Å²) in [6.45, 7) is 1.68. The molecule has 0 spiro atoms. The normalized spacial score (nSPS) is 14.2. The Morgan fingerprint density at radius 2 is 1.68 bits per heavy atom. The zero-order valence-corrected chi connectivity index (χ0v) is 14.9. The standard InChI is InChI=1S/C20H20ClN3O/c1-22-14-17(15-6-8-16(21)9-7-15)18(23-10-2-3-11-23)19(22)20(25)24-12-4-5-13-24/h2-3,6-11,14H,4-5,12-13H2,1H3. The van der Waals surface area contributed by atoms with Crippen molar-refractivity contribution in [2.45, 2.75) is 12.8 Å². The quantitative estimate of drug-likeness (QED) is 0.687. The maximum atomic E-state index is 13.2. The number of hydrogen-bond donors (Lipinski definition) is 0. The first kappa shape index (κ1) is 16.0. The average molecular weight is 354 g/mol. The number of nitrogens with zero attached hydrogens (tertiary/aromatic N) is 3. The summed E-state index contributed by atoms with van der Waals surface area (Å²) in [6.07, 6.45) is 8.16. The fourth-order valence-electron chi connectivity index (χ4n) is 3.52. The lowest BCUT2D eigenvalue weighted by Gasteiger charge is -2.18. The van der Waals surface area contributed by atoms with E-state index in [1.165, 1.54) is 0 Å². The van der Waals surface area contributed by atoms with Crippen LogP contribution >= 0.6 is 11.6 Å². The molecule has 25 heavy (non-hydrogen) atoms. The van der Waals surface area contributed by atoms with Crippen LogP contribution in [0.15, 0.2) is 55.0 Å². The third kappa shape index (κ3) is 2.87. The Hall–Kier alpha value is -2.46. The lowest BCUT2D eigenvalue weighted by Crippen LogP contribution is -2.30. The zero-order valence-electron chi connectivity index (χ0n) is 14.2. The van der Waals surface area contributed by atoms with E-state index in [9.17, 15) is 4.79 Å².